The summed E-state index contributed by atoms with van der Waals surface area (Å²) in [5.41, 5.74) is 5.29. The van der Waals surface area contributed by atoms with Crippen molar-refractivity contribution < 1.29 is 49.7 Å². The third-order valence-electron chi connectivity index (χ3n) is 5.38. The van der Waals surface area contributed by atoms with Crippen LogP contribution in [0.3, 0.4) is 0 Å². The number of anilines is 1. The van der Waals surface area contributed by atoms with Gasteiger partial charge in [-0.15, -0.1) is 0 Å². The van der Waals surface area contributed by atoms with E-state index >= 15 is 0 Å². The fraction of sp³-hybridized carbons (Fsp3) is 0.250. The van der Waals surface area contributed by atoms with Crippen LogP contribution in [0, 0.1) is 0 Å². The second-order valence-corrected chi connectivity index (χ2v) is 6.87. The number of carboxylic acid groups (broad SMARTS) is 1. The molecule has 9 heteroatoms. The molecule has 8 nitrogen and oxygen atoms in total. The van der Waals surface area contributed by atoms with E-state index in [-0.39, 0.29) is 53.6 Å². The molecule has 3 heterocycles. The Kier molecular flexibility index (Phi) is 5.59. The molecule has 4 N–H and O–H groups in total. The molecule has 0 saturated carbocycles. The van der Waals surface area contributed by atoms with E-state index in [1.165, 1.54) is 17.6 Å². The van der Waals surface area contributed by atoms with Gasteiger partial charge in [0.1, 0.15) is 0 Å². The van der Waals surface area contributed by atoms with Gasteiger partial charge in [-0.2, -0.15) is 0 Å². The minimum Gasteiger partial charge on any atom is -0.838 e. The van der Waals surface area contributed by atoms with E-state index in [9.17, 15) is 24.9 Å². The Labute approximate surface area is 187 Å². The monoisotopic (exact) mass is 403 g/mol. The van der Waals surface area contributed by atoms with Crippen LogP contribution in [0.25, 0.3) is 22.3 Å². The first-order valence-electron chi connectivity index (χ1n) is 8.82. The molecule has 29 heavy (non-hydrogen) atoms. The van der Waals surface area contributed by atoms with Gasteiger partial charge in [0.2, 0.25) is 0 Å². The minimum atomic E-state index is -2.53. The first kappa shape index (κ1) is 21.5. The molecule has 3 aromatic rings. The largest absolute Gasteiger partial charge is 1.00 e. The number of carbonyl (C=O) groups is 1. The molecule has 0 aliphatic carbocycles. The van der Waals surface area contributed by atoms with Crippen LogP contribution in [0.15, 0.2) is 35.1 Å². The van der Waals surface area contributed by atoms with Gasteiger partial charge in [-0.1, -0.05) is 19.4 Å². The quantitative estimate of drug-likeness (QED) is 0.254. The maximum atomic E-state index is 13.0. The van der Waals surface area contributed by atoms with Crippen LogP contribution in [0.5, 0.6) is 0 Å². The van der Waals surface area contributed by atoms with Gasteiger partial charge in [0, 0.05) is 27.8 Å². The summed E-state index contributed by atoms with van der Waals surface area (Å²) in [6.45, 7) is 0.930. The van der Waals surface area contributed by atoms with Crippen molar-refractivity contribution in [2.45, 2.75) is 32.1 Å². The van der Waals surface area contributed by atoms with Crippen molar-refractivity contribution in [1.29, 1.82) is 0 Å². The predicted molar refractivity (Wildman–Crippen MR) is 100 cm³/mol. The normalized spacial score (nSPS) is 14.0. The van der Waals surface area contributed by atoms with Crippen molar-refractivity contribution in [2.75, 3.05) is 5.73 Å². The van der Waals surface area contributed by atoms with E-state index in [0.717, 1.165) is 10.9 Å². The Morgan fingerprint density at radius 1 is 1.38 bits per heavy atom. The van der Waals surface area contributed by atoms with Crippen LogP contribution >= 0.6 is 0 Å². The van der Waals surface area contributed by atoms with E-state index in [2.05, 4.69) is 4.98 Å². The summed E-state index contributed by atoms with van der Waals surface area (Å²) >= 11 is 0. The maximum Gasteiger partial charge on any atom is 1.00 e. The summed E-state index contributed by atoms with van der Waals surface area (Å²) in [4.78, 5) is 29.2. The van der Waals surface area contributed by atoms with Crippen LogP contribution in [0.4, 0.5) is 5.69 Å². The molecule has 0 bridgehead atoms. The van der Waals surface area contributed by atoms with Crippen LogP contribution in [-0.2, 0) is 23.5 Å². The predicted octanol–water partition coefficient (Wildman–Crippen LogP) is -2.45. The van der Waals surface area contributed by atoms with E-state index in [0.29, 0.717) is 22.6 Å². The molecular formula is C20H18N3NaO5. The zero-order valence-electron chi connectivity index (χ0n) is 16.1. The maximum absolute atomic E-state index is 13.0. The van der Waals surface area contributed by atoms with E-state index in [4.69, 9.17) is 5.73 Å². The Morgan fingerprint density at radius 2 is 2.10 bits per heavy atom. The standard InChI is InChI=1S/C20H18N3O5.Na/c1-2-20(28,19(26)27)13-7-16-17-10(8-23(16)18(25)12(13)9-24)6-11-14(21)4-3-5-15(11)22-17;/h3-7,24H,2,8-9,21H2,1H3,(H,26,27);/q-1;+1/t20-;/m0./s1. The zero-order valence-corrected chi connectivity index (χ0v) is 18.1. The third kappa shape index (κ3) is 3.08. The van der Waals surface area contributed by atoms with Gasteiger partial charge in [-0.25, -0.2) is 4.98 Å². The topological polar surface area (TPSA) is 142 Å². The number of fused-ring (bicyclic) bond motifs is 4. The Morgan fingerprint density at radius 3 is 2.72 bits per heavy atom. The van der Waals surface area contributed by atoms with Gasteiger partial charge >= 0.3 is 29.6 Å². The number of nitrogens with two attached hydrogens (primary N) is 1. The number of aliphatic hydroxyl groups is 1. The fourth-order valence-corrected chi connectivity index (χ4v) is 3.79. The SMILES string of the molecule is CC[C@@]([O-])(C(=O)O)c1cc2n(c(=O)c1CO)Cc1cc3c(N)cccc3nc1-2.[Na+]. The molecule has 1 aliphatic rings. The van der Waals surface area contributed by atoms with Crippen LogP contribution < -0.4 is 46.0 Å². The van der Waals surface area contributed by atoms with Crippen molar-refractivity contribution in [3.05, 3.63) is 57.4 Å². The van der Waals surface area contributed by atoms with Crippen molar-refractivity contribution in [2.24, 2.45) is 0 Å². The number of hydrogen-bond donors (Lipinski definition) is 3. The number of rotatable bonds is 4. The second-order valence-electron chi connectivity index (χ2n) is 6.87. The van der Waals surface area contributed by atoms with Crippen LogP contribution in [0.1, 0.15) is 30.0 Å². The van der Waals surface area contributed by atoms with Gasteiger partial charge in [0.15, 0.2) is 0 Å². The Balaban J connectivity index is 0.00000240. The van der Waals surface area contributed by atoms with Crippen molar-refractivity contribution in [3.63, 3.8) is 0 Å². The molecule has 0 radical (unpaired) electrons. The second kappa shape index (κ2) is 7.55. The Bertz CT molecular complexity index is 1210. The number of carboxylic acids is 1. The molecule has 0 spiro atoms. The van der Waals surface area contributed by atoms with E-state index in [1.54, 1.807) is 18.2 Å². The number of aromatic nitrogens is 2. The number of hydrogen-bond acceptors (Lipinski definition) is 6. The number of aliphatic carboxylic acids is 1. The molecule has 144 valence electrons. The van der Waals surface area contributed by atoms with Crippen molar-refractivity contribution in [3.8, 4) is 11.4 Å². The summed E-state index contributed by atoms with van der Waals surface area (Å²) in [6, 6.07) is 8.54. The summed E-state index contributed by atoms with van der Waals surface area (Å²) in [7, 11) is 0. The number of pyridine rings is 2. The molecule has 2 aromatic heterocycles. The summed E-state index contributed by atoms with van der Waals surface area (Å²) in [5.74, 6) is -1.59. The number of aliphatic hydroxyl groups excluding tert-OH is 1. The first-order chi connectivity index (χ1) is 13.3. The first-order valence-corrected chi connectivity index (χ1v) is 8.82. The molecule has 1 aliphatic heterocycles. The molecule has 4 rings (SSSR count). The van der Waals surface area contributed by atoms with Gasteiger partial charge in [-0.3, -0.25) is 9.59 Å². The minimum absolute atomic E-state index is 0. The molecule has 1 aromatic carbocycles. The summed E-state index contributed by atoms with van der Waals surface area (Å²) in [5, 5.41) is 32.9. The molecule has 0 saturated heterocycles. The van der Waals surface area contributed by atoms with Crippen LogP contribution in [0.2, 0.25) is 0 Å². The third-order valence-corrected chi connectivity index (χ3v) is 5.38. The molecule has 0 amide bonds. The van der Waals surface area contributed by atoms with Gasteiger partial charge < -0.3 is 25.6 Å². The fourth-order valence-electron chi connectivity index (χ4n) is 3.79. The van der Waals surface area contributed by atoms with Gasteiger partial charge in [0.25, 0.3) is 11.5 Å². The van der Waals surface area contributed by atoms with E-state index in [1.807, 2.05) is 6.07 Å². The van der Waals surface area contributed by atoms with Gasteiger partial charge in [-0.05, 0) is 29.8 Å². The number of benzene rings is 1. The zero-order chi connectivity index (χ0) is 20.2. The number of nitrogen functional groups attached to an aromatic ring is 1. The van der Waals surface area contributed by atoms with E-state index < -0.39 is 23.7 Å². The molecule has 0 fully saturated rings. The average Bonchev–Trinajstić information content (AvgIpc) is 3.04. The average molecular weight is 403 g/mol. The molecular weight excluding hydrogens is 385 g/mol. The summed E-state index contributed by atoms with van der Waals surface area (Å²) < 4.78 is 1.40. The van der Waals surface area contributed by atoms with Crippen LogP contribution in [-0.4, -0.2) is 25.7 Å². The van der Waals surface area contributed by atoms with Crippen molar-refractivity contribution in [1.82, 2.24) is 9.55 Å². The van der Waals surface area contributed by atoms with Crippen molar-refractivity contribution >= 4 is 22.6 Å². The molecule has 0 unspecified atom stereocenters. The number of nitrogens with zero attached hydrogens (tertiary/aromatic N) is 2. The Hall–Kier alpha value is -2.23. The smallest absolute Gasteiger partial charge is 0.838 e. The summed E-state index contributed by atoms with van der Waals surface area (Å²) in [6.07, 6.45) is -0.271. The molecule has 1 atom stereocenters. The van der Waals surface area contributed by atoms with Gasteiger partial charge in [0.05, 0.1) is 30.1 Å².